The van der Waals surface area contributed by atoms with Crippen LogP contribution in [0.25, 0.3) is 0 Å². The predicted molar refractivity (Wildman–Crippen MR) is 125 cm³/mol. The van der Waals surface area contributed by atoms with Gasteiger partial charge in [-0.2, -0.15) is 0 Å². The van der Waals surface area contributed by atoms with Crippen molar-refractivity contribution in [2.75, 3.05) is 46.5 Å². The van der Waals surface area contributed by atoms with Gasteiger partial charge in [0.15, 0.2) is 5.96 Å². The standard InChI is InChI=1S/C21H32N4O3.HI/c1-22-21(23-10-5-12-27-16-19-8-4-13-28-19)24-14-20(26)25-11-9-17-6-2-3-7-18(17)15-25;/h2-3,6-7,19H,4-5,8-16H2,1H3,(H2,22,23,24);1H. The summed E-state index contributed by atoms with van der Waals surface area (Å²) in [7, 11) is 1.71. The van der Waals surface area contributed by atoms with Crippen LogP contribution in [0.2, 0.25) is 0 Å². The maximum Gasteiger partial charge on any atom is 0.242 e. The second-order valence-electron chi connectivity index (χ2n) is 7.25. The molecule has 2 aliphatic rings. The third kappa shape index (κ3) is 7.75. The van der Waals surface area contributed by atoms with E-state index in [-0.39, 0.29) is 42.5 Å². The average molecular weight is 516 g/mol. The lowest BCUT2D eigenvalue weighted by molar-refractivity contribution is -0.130. The van der Waals surface area contributed by atoms with Crippen LogP contribution in [-0.2, 0) is 27.2 Å². The topological polar surface area (TPSA) is 75.2 Å². The highest BCUT2D eigenvalue weighted by atomic mass is 127. The Hall–Kier alpha value is -1.39. The zero-order valence-electron chi connectivity index (χ0n) is 17.2. The summed E-state index contributed by atoms with van der Waals surface area (Å²) in [5, 5.41) is 6.34. The number of aliphatic imine (C=N–C) groups is 1. The number of hydrogen-bond acceptors (Lipinski definition) is 4. The van der Waals surface area contributed by atoms with E-state index in [1.54, 1.807) is 7.05 Å². The molecule has 3 rings (SSSR count). The van der Waals surface area contributed by atoms with Gasteiger partial charge in [-0.1, -0.05) is 24.3 Å². The molecule has 1 aromatic rings. The van der Waals surface area contributed by atoms with E-state index in [2.05, 4.69) is 33.8 Å². The fourth-order valence-corrected chi connectivity index (χ4v) is 3.57. The highest BCUT2D eigenvalue weighted by Gasteiger charge is 2.20. The molecule has 0 radical (unpaired) electrons. The van der Waals surface area contributed by atoms with Gasteiger partial charge in [0.1, 0.15) is 0 Å². The van der Waals surface area contributed by atoms with Crippen molar-refractivity contribution in [3.05, 3.63) is 35.4 Å². The average Bonchev–Trinajstić information content (AvgIpc) is 3.25. The van der Waals surface area contributed by atoms with Crippen molar-refractivity contribution in [3.63, 3.8) is 0 Å². The van der Waals surface area contributed by atoms with Gasteiger partial charge >= 0.3 is 0 Å². The van der Waals surface area contributed by atoms with Gasteiger partial charge in [0.05, 0.1) is 19.3 Å². The molecule has 1 saturated heterocycles. The largest absolute Gasteiger partial charge is 0.379 e. The van der Waals surface area contributed by atoms with Crippen LogP contribution in [0, 0.1) is 0 Å². The number of carbonyl (C=O) groups is 1. The number of amides is 1. The summed E-state index contributed by atoms with van der Waals surface area (Å²) >= 11 is 0. The quantitative estimate of drug-likeness (QED) is 0.239. The highest BCUT2D eigenvalue weighted by molar-refractivity contribution is 14.0. The predicted octanol–water partition coefficient (Wildman–Crippen LogP) is 1.94. The van der Waals surface area contributed by atoms with Crippen LogP contribution in [0.3, 0.4) is 0 Å². The number of rotatable bonds is 8. The molecular formula is C21H33IN4O3. The molecule has 29 heavy (non-hydrogen) atoms. The van der Waals surface area contributed by atoms with E-state index >= 15 is 0 Å². The minimum atomic E-state index is 0. The first-order chi connectivity index (χ1) is 13.8. The minimum Gasteiger partial charge on any atom is -0.379 e. The lowest BCUT2D eigenvalue weighted by Crippen LogP contribution is -2.46. The number of carbonyl (C=O) groups excluding carboxylic acids is 1. The maximum atomic E-state index is 12.5. The van der Waals surface area contributed by atoms with Crippen LogP contribution in [0.4, 0.5) is 0 Å². The maximum absolute atomic E-state index is 12.5. The van der Waals surface area contributed by atoms with Crippen molar-refractivity contribution in [1.82, 2.24) is 15.5 Å². The number of nitrogens with one attached hydrogen (secondary N) is 2. The van der Waals surface area contributed by atoms with E-state index < -0.39 is 0 Å². The third-order valence-corrected chi connectivity index (χ3v) is 5.20. The summed E-state index contributed by atoms with van der Waals surface area (Å²) < 4.78 is 11.2. The van der Waals surface area contributed by atoms with Crippen LogP contribution in [0.5, 0.6) is 0 Å². The summed E-state index contributed by atoms with van der Waals surface area (Å²) in [6.07, 6.45) is 4.31. The number of ether oxygens (including phenoxy) is 2. The van der Waals surface area contributed by atoms with E-state index in [1.165, 1.54) is 11.1 Å². The summed E-state index contributed by atoms with van der Waals surface area (Å²) in [5.74, 6) is 0.738. The van der Waals surface area contributed by atoms with Gasteiger partial charge in [-0.05, 0) is 36.8 Å². The first-order valence-corrected chi connectivity index (χ1v) is 10.2. The van der Waals surface area contributed by atoms with E-state index in [9.17, 15) is 4.79 Å². The fourth-order valence-electron chi connectivity index (χ4n) is 3.57. The second-order valence-corrected chi connectivity index (χ2v) is 7.25. The molecule has 1 fully saturated rings. The molecule has 0 aromatic heterocycles. The Labute approximate surface area is 190 Å². The number of halogens is 1. The molecule has 0 saturated carbocycles. The van der Waals surface area contributed by atoms with Crippen molar-refractivity contribution >= 4 is 35.8 Å². The number of hydrogen-bond donors (Lipinski definition) is 2. The molecule has 1 aromatic carbocycles. The van der Waals surface area contributed by atoms with E-state index in [0.717, 1.165) is 45.4 Å². The zero-order valence-corrected chi connectivity index (χ0v) is 19.5. The second kappa shape index (κ2) is 13.0. The van der Waals surface area contributed by atoms with Gasteiger partial charge in [0, 0.05) is 39.9 Å². The fraction of sp³-hybridized carbons (Fsp3) is 0.619. The summed E-state index contributed by atoms with van der Waals surface area (Å²) in [6, 6.07) is 8.33. The van der Waals surface area contributed by atoms with Crippen LogP contribution < -0.4 is 10.6 Å². The van der Waals surface area contributed by atoms with Crippen molar-refractivity contribution in [1.29, 1.82) is 0 Å². The molecule has 0 aliphatic carbocycles. The number of fused-ring (bicyclic) bond motifs is 1. The SMILES string of the molecule is CN=C(NCCCOCC1CCCO1)NCC(=O)N1CCc2ccccc2C1.I. The Morgan fingerprint density at radius 1 is 1.31 bits per heavy atom. The molecule has 162 valence electrons. The number of benzene rings is 1. The first kappa shape index (κ1) is 23.9. The van der Waals surface area contributed by atoms with Gasteiger partial charge in [-0.25, -0.2) is 0 Å². The van der Waals surface area contributed by atoms with Crippen LogP contribution >= 0.6 is 24.0 Å². The molecule has 0 spiro atoms. The molecule has 1 atom stereocenters. The van der Waals surface area contributed by atoms with Crippen molar-refractivity contribution in [3.8, 4) is 0 Å². The van der Waals surface area contributed by atoms with Gasteiger partial charge in [-0.3, -0.25) is 9.79 Å². The molecule has 2 N–H and O–H groups in total. The Morgan fingerprint density at radius 3 is 2.90 bits per heavy atom. The summed E-state index contributed by atoms with van der Waals surface area (Å²) in [6.45, 7) is 4.68. The first-order valence-electron chi connectivity index (χ1n) is 10.2. The normalized spacial score (nSPS) is 18.7. The Morgan fingerprint density at radius 2 is 2.14 bits per heavy atom. The van der Waals surface area contributed by atoms with E-state index in [0.29, 0.717) is 25.7 Å². The molecule has 0 bridgehead atoms. The van der Waals surface area contributed by atoms with Crippen LogP contribution in [0.15, 0.2) is 29.3 Å². The lowest BCUT2D eigenvalue weighted by atomic mass is 10.00. The van der Waals surface area contributed by atoms with E-state index in [1.807, 2.05) is 11.0 Å². The Bertz CT molecular complexity index is 665. The summed E-state index contributed by atoms with van der Waals surface area (Å²) in [5.41, 5.74) is 2.59. The minimum absolute atomic E-state index is 0. The highest BCUT2D eigenvalue weighted by Crippen LogP contribution is 2.18. The molecule has 1 amide bonds. The molecule has 7 nitrogen and oxygen atoms in total. The van der Waals surface area contributed by atoms with Crippen LogP contribution in [0.1, 0.15) is 30.4 Å². The number of nitrogens with zero attached hydrogens (tertiary/aromatic N) is 2. The monoisotopic (exact) mass is 516 g/mol. The van der Waals surface area contributed by atoms with E-state index in [4.69, 9.17) is 9.47 Å². The zero-order chi connectivity index (χ0) is 19.6. The Balaban J connectivity index is 0.00000300. The number of guanidine groups is 1. The smallest absolute Gasteiger partial charge is 0.242 e. The van der Waals surface area contributed by atoms with Crippen LogP contribution in [-0.4, -0.2) is 69.4 Å². The lowest BCUT2D eigenvalue weighted by Gasteiger charge is -2.29. The van der Waals surface area contributed by atoms with Crippen molar-refractivity contribution < 1.29 is 14.3 Å². The third-order valence-electron chi connectivity index (χ3n) is 5.20. The molecule has 1 unspecified atom stereocenters. The van der Waals surface area contributed by atoms with Gasteiger partial charge in [-0.15, -0.1) is 24.0 Å². The van der Waals surface area contributed by atoms with Crippen molar-refractivity contribution in [2.45, 2.75) is 38.3 Å². The van der Waals surface area contributed by atoms with Crippen molar-refractivity contribution in [2.24, 2.45) is 4.99 Å². The molecule has 2 aliphatic heterocycles. The molecule has 8 heteroatoms. The summed E-state index contributed by atoms with van der Waals surface area (Å²) in [4.78, 5) is 18.6. The Kier molecular flexibility index (Phi) is 10.7. The molecule has 2 heterocycles. The van der Waals surface area contributed by atoms with Gasteiger partial charge in [0.2, 0.25) is 5.91 Å². The van der Waals surface area contributed by atoms with Gasteiger partial charge in [0.25, 0.3) is 0 Å². The molecular weight excluding hydrogens is 483 g/mol. The van der Waals surface area contributed by atoms with Gasteiger partial charge < -0.3 is 25.0 Å².